The van der Waals surface area contributed by atoms with Gasteiger partial charge in [0.15, 0.2) is 0 Å². The quantitative estimate of drug-likeness (QED) is 0.626. The summed E-state index contributed by atoms with van der Waals surface area (Å²) in [5.74, 6) is -0.419. The van der Waals surface area contributed by atoms with E-state index in [1.165, 1.54) is 22.8 Å². The van der Waals surface area contributed by atoms with Crippen molar-refractivity contribution in [1.29, 1.82) is 0 Å². The highest BCUT2D eigenvalue weighted by Gasteiger charge is 2.08. The van der Waals surface area contributed by atoms with E-state index in [1.54, 1.807) is 6.07 Å². The summed E-state index contributed by atoms with van der Waals surface area (Å²) >= 11 is 5.33. The van der Waals surface area contributed by atoms with E-state index in [2.05, 4.69) is 12.6 Å². The number of hydrogen-bond acceptors (Lipinski definition) is 3. The van der Waals surface area contributed by atoms with Crippen molar-refractivity contribution in [3.05, 3.63) is 23.3 Å². The van der Waals surface area contributed by atoms with E-state index >= 15 is 0 Å². The monoisotopic (exact) mass is 200 g/mol. The zero-order chi connectivity index (χ0) is 8.72. The van der Waals surface area contributed by atoms with Crippen LogP contribution in [0.2, 0.25) is 0 Å². The van der Waals surface area contributed by atoms with E-state index in [1.807, 2.05) is 0 Å². The van der Waals surface area contributed by atoms with Gasteiger partial charge in [-0.25, -0.2) is 4.39 Å². The summed E-state index contributed by atoms with van der Waals surface area (Å²) in [6, 6.07) is 3.02. The maximum Gasteiger partial charge on any atom is 0.137 e. The van der Waals surface area contributed by atoms with Crippen molar-refractivity contribution in [2.75, 3.05) is 0 Å². The first-order valence-corrected chi connectivity index (χ1v) is 4.60. The summed E-state index contributed by atoms with van der Waals surface area (Å²) in [7, 11) is 0. The van der Waals surface area contributed by atoms with Crippen molar-refractivity contribution in [1.82, 2.24) is 0 Å². The zero-order valence-corrected chi connectivity index (χ0v) is 7.62. The van der Waals surface area contributed by atoms with E-state index in [4.69, 9.17) is 0 Å². The molecule has 0 aliphatic carbocycles. The minimum atomic E-state index is -0.420. The maximum absolute atomic E-state index is 13.1. The van der Waals surface area contributed by atoms with Crippen molar-refractivity contribution in [2.45, 2.75) is 4.90 Å². The number of fused-ring (bicyclic) bond motifs is 1. The van der Waals surface area contributed by atoms with Gasteiger partial charge in [0.05, 0.1) is 5.39 Å². The Morgan fingerprint density at radius 1 is 1.42 bits per heavy atom. The second kappa shape index (κ2) is 2.64. The maximum atomic E-state index is 13.1. The summed E-state index contributed by atoms with van der Waals surface area (Å²) in [6.07, 6.45) is 0. The Kier molecular flexibility index (Phi) is 1.73. The minimum absolute atomic E-state index is 0.000772. The Labute approximate surface area is 77.9 Å². The normalized spacial score (nSPS) is 10.8. The number of aromatic hydroxyl groups is 1. The average Bonchev–Trinajstić information content (AvgIpc) is 2.31. The molecule has 0 atom stereocenters. The number of hydrogen-bond donors (Lipinski definition) is 2. The molecule has 0 spiro atoms. The predicted octanol–water partition coefficient (Wildman–Crippen LogP) is 3.03. The van der Waals surface area contributed by atoms with Gasteiger partial charge in [0.1, 0.15) is 11.6 Å². The molecule has 1 heterocycles. The molecule has 2 rings (SSSR count). The first kappa shape index (κ1) is 7.89. The fourth-order valence-electron chi connectivity index (χ4n) is 1.09. The lowest BCUT2D eigenvalue weighted by Gasteiger charge is -1.95. The molecule has 0 saturated heterocycles. The molecular formula is C8H5FOS2. The third kappa shape index (κ3) is 1.07. The van der Waals surface area contributed by atoms with Gasteiger partial charge in [0.2, 0.25) is 0 Å². The van der Waals surface area contributed by atoms with Gasteiger partial charge in [-0.15, -0.1) is 24.0 Å². The topological polar surface area (TPSA) is 20.2 Å². The SMILES string of the molecule is Oc1csc2cc(S)cc(F)c12. The van der Waals surface area contributed by atoms with Crippen LogP contribution in [0.15, 0.2) is 22.4 Å². The number of thiol groups is 1. The third-order valence-corrected chi connectivity index (χ3v) is 2.77. The van der Waals surface area contributed by atoms with Crippen LogP contribution in [0.1, 0.15) is 0 Å². The van der Waals surface area contributed by atoms with Crippen LogP contribution in [-0.2, 0) is 0 Å². The molecule has 2 aromatic rings. The highest BCUT2D eigenvalue weighted by molar-refractivity contribution is 7.80. The van der Waals surface area contributed by atoms with Crippen LogP contribution in [0.4, 0.5) is 4.39 Å². The molecule has 0 saturated carbocycles. The van der Waals surface area contributed by atoms with E-state index in [-0.39, 0.29) is 11.1 Å². The Balaban J connectivity index is 2.93. The largest absolute Gasteiger partial charge is 0.506 e. The number of benzene rings is 1. The van der Waals surface area contributed by atoms with Crippen molar-refractivity contribution in [2.24, 2.45) is 0 Å². The Morgan fingerprint density at radius 2 is 2.17 bits per heavy atom. The van der Waals surface area contributed by atoms with Crippen LogP contribution in [0.25, 0.3) is 10.1 Å². The summed E-state index contributed by atoms with van der Waals surface area (Å²) in [5, 5.41) is 11.0. The van der Waals surface area contributed by atoms with Crippen LogP contribution in [-0.4, -0.2) is 5.11 Å². The average molecular weight is 200 g/mol. The lowest BCUT2D eigenvalue weighted by molar-refractivity contribution is 0.480. The van der Waals surface area contributed by atoms with Crippen molar-refractivity contribution < 1.29 is 9.50 Å². The van der Waals surface area contributed by atoms with Gasteiger partial charge in [-0.05, 0) is 12.1 Å². The molecule has 1 N–H and O–H groups in total. The third-order valence-electron chi connectivity index (χ3n) is 1.59. The van der Waals surface area contributed by atoms with Gasteiger partial charge in [-0.2, -0.15) is 0 Å². The Morgan fingerprint density at radius 3 is 2.92 bits per heavy atom. The predicted molar refractivity (Wildman–Crippen MR) is 50.7 cm³/mol. The van der Waals surface area contributed by atoms with E-state index < -0.39 is 5.82 Å². The standard InChI is InChI=1S/C8H5FOS2/c9-5-1-4(11)2-7-8(5)6(10)3-12-7/h1-3,10-11H. The lowest BCUT2D eigenvalue weighted by Crippen LogP contribution is -1.75. The summed E-state index contributed by atoms with van der Waals surface area (Å²) < 4.78 is 13.9. The zero-order valence-electron chi connectivity index (χ0n) is 5.91. The second-order valence-corrected chi connectivity index (χ2v) is 3.85. The summed E-state index contributed by atoms with van der Waals surface area (Å²) in [5.41, 5.74) is 0. The van der Waals surface area contributed by atoms with Crippen LogP contribution >= 0.6 is 24.0 Å². The van der Waals surface area contributed by atoms with Crippen LogP contribution in [0.3, 0.4) is 0 Å². The molecular weight excluding hydrogens is 195 g/mol. The lowest BCUT2D eigenvalue weighted by atomic mass is 10.2. The first-order chi connectivity index (χ1) is 5.68. The smallest absolute Gasteiger partial charge is 0.137 e. The highest BCUT2D eigenvalue weighted by Crippen LogP contribution is 2.34. The molecule has 4 heteroatoms. The molecule has 62 valence electrons. The molecule has 0 unspecified atom stereocenters. The number of halogens is 1. The van der Waals surface area contributed by atoms with Crippen LogP contribution in [0.5, 0.6) is 5.75 Å². The minimum Gasteiger partial charge on any atom is -0.506 e. The van der Waals surface area contributed by atoms with Gasteiger partial charge in [-0.1, -0.05) is 0 Å². The fourth-order valence-corrected chi connectivity index (χ4v) is 2.29. The van der Waals surface area contributed by atoms with Crippen LogP contribution < -0.4 is 0 Å². The van der Waals surface area contributed by atoms with E-state index in [0.29, 0.717) is 4.90 Å². The van der Waals surface area contributed by atoms with E-state index in [0.717, 1.165) is 4.70 Å². The molecule has 12 heavy (non-hydrogen) atoms. The van der Waals surface area contributed by atoms with Gasteiger partial charge in [0, 0.05) is 15.0 Å². The highest BCUT2D eigenvalue weighted by atomic mass is 32.1. The summed E-state index contributed by atoms with van der Waals surface area (Å²) in [4.78, 5) is 0.571. The Hall–Kier alpha value is -0.740. The molecule has 0 aliphatic heterocycles. The number of thiophene rings is 1. The van der Waals surface area contributed by atoms with Gasteiger partial charge < -0.3 is 5.11 Å². The van der Waals surface area contributed by atoms with Gasteiger partial charge in [-0.3, -0.25) is 0 Å². The van der Waals surface area contributed by atoms with Gasteiger partial charge >= 0.3 is 0 Å². The second-order valence-electron chi connectivity index (χ2n) is 2.42. The first-order valence-electron chi connectivity index (χ1n) is 3.27. The summed E-state index contributed by atoms with van der Waals surface area (Å²) in [6.45, 7) is 0. The Bertz CT molecular complexity index is 436. The van der Waals surface area contributed by atoms with Crippen molar-refractivity contribution in [3.63, 3.8) is 0 Å². The molecule has 0 amide bonds. The molecule has 1 aromatic heterocycles. The molecule has 0 bridgehead atoms. The van der Waals surface area contributed by atoms with Crippen LogP contribution in [0, 0.1) is 5.82 Å². The fraction of sp³-hybridized carbons (Fsp3) is 0. The molecule has 1 nitrogen and oxygen atoms in total. The van der Waals surface area contributed by atoms with Crippen molar-refractivity contribution >= 4 is 34.1 Å². The number of rotatable bonds is 0. The molecule has 0 aliphatic rings. The molecule has 1 aromatic carbocycles. The van der Waals surface area contributed by atoms with Crippen molar-refractivity contribution in [3.8, 4) is 5.75 Å². The molecule has 0 fully saturated rings. The van der Waals surface area contributed by atoms with Gasteiger partial charge in [0.25, 0.3) is 0 Å². The molecule has 0 radical (unpaired) electrons. The van der Waals surface area contributed by atoms with E-state index in [9.17, 15) is 9.50 Å².